The van der Waals surface area contributed by atoms with E-state index in [0.717, 1.165) is 24.3 Å². The number of amides is 3. The molecule has 2 fully saturated rings. The van der Waals surface area contributed by atoms with Crippen LogP contribution >= 0.6 is 0 Å². The average Bonchev–Trinajstić information content (AvgIpc) is 3.55. The lowest BCUT2D eigenvalue weighted by Gasteiger charge is -2.38. The number of ether oxygens (including phenoxy) is 1. The molecule has 0 bridgehead atoms. The first kappa shape index (κ1) is 31.8. The van der Waals surface area contributed by atoms with E-state index in [2.05, 4.69) is 20.4 Å². The molecule has 0 aliphatic carbocycles. The van der Waals surface area contributed by atoms with Crippen molar-refractivity contribution in [2.45, 2.75) is 25.2 Å². The quantitative estimate of drug-likeness (QED) is 0.287. The minimum absolute atomic E-state index is 0.0196. The zero-order valence-electron chi connectivity index (χ0n) is 24.3. The van der Waals surface area contributed by atoms with Crippen molar-refractivity contribution in [3.05, 3.63) is 77.4 Å². The number of piperazine rings is 1. The predicted molar refractivity (Wildman–Crippen MR) is 158 cm³/mol. The third-order valence-corrected chi connectivity index (χ3v) is 7.77. The molecule has 240 valence electrons. The summed E-state index contributed by atoms with van der Waals surface area (Å²) in [5, 5.41) is 4.50. The van der Waals surface area contributed by atoms with Crippen LogP contribution in [0.25, 0.3) is 0 Å². The van der Waals surface area contributed by atoms with Crippen molar-refractivity contribution in [1.29, 1.82) is 0 Å². The van der Waals surface area contributed by atoms with Gasteiger partial charge in [-0.05, 0) is 61.4 Å². The number of urea groups is 1. The lowest BCUT2D eigenvalue weighted by atomic mass is 10.1. The highest BCUT2D eigenvalue weighted by atomic mass is 19.4. The van der Waals surface area contributed by atoms with Gasteiger partial charge in [0.05, 0.1) is 29.5 Å². The molecule has 3 aromatic rings. The maximum Gasteiger partial charge on any atom is 0.416 e. The van der Waals surface area contributed by atoms with Gasteiger partial charge in [-0.3, -0.25) is 4.79 Å². The molecule has 3 amide bonds. The summed E-state index contributed by atoms with van der Waals surface area (Å²) in [6.45, 7) is 3.63. The number of hydrogen-bond acceptors (Lipinski definition) is 5. The largest absolute Gasteiger partial charge is 0.495 e. The predicted octanol–water partition coefficient (Wildman–Crippen LogP) is 6.94. The summed E-state index contributed by atoms with van der Waals surface area (Å²) < 4.78 is 85.0. The number of anilines is 4. The van der Waals surface area contributed by atoms with Gasteiger partial charge in [-0.2, -0.15) is 26.3 Å². The molecule has 2 aliphatic rings. The molecule has 0 spiro atoms. The number of halogens is 6. The molecule has 45 heavy (non-hydrogen) atoms. The van der Waals surface area contributed by atoms with Crippen molar-refractivity contribution in [2.75, 3.05) is 66.8 Å². The average molecular weight is 636 g/mol. The summed E-state index contributed by atoms with van der Waals surface area (Å²) in [6, 6.07) is 12.1. The van der Waals surface area contributed by atoms with Gasteiger partial charge in [0.1, 0.15) is 5.75 Å². The van der Waals surface area contributed by atoms with E-state index < -0.39 is 35.2 Å². The van der Waals surface area contributed by atoms with Gasteiger partial charge < -0.3 is 30.1 Å². The maximum absolute atomic E-state index is 13.6. The summed E-state index contributed by atoms with van der Waals surface area (Å²) in [6.07, 6.45) is -8.41. The number of nitrogens with one attached hydrogen (secondary N) is 2. The minimum Gasteiger partial charge on any atom is -0.495 e. The zero-order chi connectivity index (χ0) is 32.4. The Morgan fingerprint density at radius 3 is 1.82 bits per heavy atom. The third kappa shape index (κ3) is 7.37. The molecular formula is C31H31F6N5O3. The summed E-state index contributed by atoms with van der Waals surface area (Å²) >= 11 is 0. The second-order valence-electron chi connectivity index (χ2n) is 10.8. The highest BCUT2D eigenvalue weighted by molar-refractivity contribution is 6.04. The summed E-state index contributed by atoms with van der Waals surface area (Å²) in [7, 11) is 1.61. The topological polar surface area (TPSA) is 77.1 Å². The van der Waals surface area contributed by atoms with E-state index >= 15 is 0 Å². The van der Waals surface area contributed by atoms with Gasteiger partial charge in [-0.15, -0.1) is 0 Å². The first-order valence-electron chi connectivity index (χ1n) is 14.3. The Balaban J connectivity index is 1.36. The fourth-order valence-corrected chi connectivity index (χ4v) is 5.55. The smallest absolute Gasteiger partial charge is 0.416 e. The number of rotatable bonds is 6. The van der Waals surface area contributed by atoms with Crippen LogP contribution in [0.1, 0.15) is 34.3 Å². The van der Waals surface area contributed by atoms with E-state index in [1.807, 2.05) is 24.3 Å². The van der Waals surface area contributed by atoms with Crippen LogP contribution in [0.2, 0.25) is 0 Å². The Morgan fingerprint density at radius 2 is 1.24 bits per heavy atom. The third-order valence-electron chi connectivity index (χ3n) is 7.77. The van der Waals surface area contributed by atoms with E-state index in [1.165, 1.54) is 12.1 Å². The Labute approximate surface area is 255 Å². The van der Waals surface area contributed by atoms with Gasteiger partial charge >= 0.3 is 18.4 Å². The lowest BCUT2D eigenvalue weighted by molar-refractivity contribution is -0.143. The van der Waals surface area contributed by atoms with Crippen molar-refractivity contribution in [3.63, 3.8) is 0 Å². The van der Waals surface area contributed by atoms with Crippen LogP contribution < -0.4 is 25.2 Å². The molecule has 0 atom stereocenters. The van der Waals surface area contributed by atoms with Crippen LogP contribution in [-0.2, 0) is 12.4 Å². The van der Waals surface area contributed by atoms with Gasteiger partial charge in [0, 0.05) is 56.3 Å². The van der Waals surface area contributed by atoms with E-state index in [9.17, 15) is 35.9 Å². The first-order valence-corrected chi connectivity index (χ1v) is 14.3. The number of hydrogen-bond donors (Lipinski definition) is 2. The van der Waals surface area contributed by atoms with Crippen LogP contribution in [-0.4, -0.2) is 63.2 Å². The van der Waals surface area contributed by atoms with Gasteiger partial charge in [0.25, 0.3) is 5.91 Å². The summed E-state index contributed by atoms with van der Waals surface area (Å²) in [5.74, 6) is 0.524. The van der Waals surface area contributed by atoms with Crippen LogP contribution in [0.3, 0.4) is 0 Å². The molecule has 3 aromatic carbocycles. The van der Waals surface area contributed by atoms with E-state index in [1.54, 1.807) is 18.1 Å². The Bertz CT molecular complexity index is 1520. The van der Waals surface area contributed by atoms with Crippen LogP contribution in [0, 0.1) is 0 Å². The normalized spacial score (nSPS) is 15.7. The molecule has 2 N–H and O–H groups in total. The summed E-state index contributed by atoms with van der Waals surface area (Å²) in [4.78, 5) is 32.3. The second-order valence-corrected chi connectivity index (χ2v) is 10.8. The van der Waals surface area contributed by atoms with Crippen molar-refractivity contribution in [1.82, 2.24) is 4.90 Å². The molecule has 0 unspecified atom stereocenters. The fraction of sp³-hybridized carbons (Fsp3) is 0.355. The van der Waals surface area contributed by atoms with Gasteiger partial charge in [0.2, 0.25) is 0 Å². The van der Waals surface area contributed by atoms with Crippen LogP contribution in [0.4, 0.5) is 53.9 Å². The van der Waals surface area contributed by atoms with Gasteiger partial charge in [0.15, 0.2) is 0 Å². The van der Waals surface area contributed by atoms with E-state index in [4.69, 9.17) is 4.74 Å². The first-order chi connectivity index (χ1) is 21.3. The zero-order valence-corrected chi connectivity index (χ0v) is 24.3. The van der Waals surface area contributed by atoms with Crippen LogP contribution in [0.5, 0.6) is 5.75 Å². The highest BCUT2D eigenvalue weighted by Crippen LogP contribution is 2.38. The lowest BCUT2D eigenvalue weighted by Crippen LogP contribution is -2.47. The van der Waals surface area contributed by atoms with Crippen LogP contribution in [0.15, 0.2) is 60.7 Å². The molecule has 2 aliphatic heterocycles. The minimum atomic E-state index is -5.06. The SMILES string of the molecule is COc1ccccc1N1CCN(c2ccc(NC(=O)Nc3cc(C(F)(F)F)cc(C(F)(F)F)c3)cc2C(=O)N2CCCC2)CC1. The van der Waals surface area contributed by atoms with Crippen molar-refractivity contribution in [3.8, 4) is 5.75 Å². The van der Waals surface area contributed by atoms with E-state index in [0.29, 0.717) is 62.7 Å². The molecule has 2 heterocycles. The van der Waals surface area contributed by atoms with Crippen molar-refractivity contribution >= 4 is 34.7 Å². The molecule has 14 heteroatoms. The highest BCUT2D eigenvalue weighted by Gasteiger charge is 2.37. The number of nitrogens with zero attached hydrogens (tertiary/aromatic N) is 3. The van der Waals surface area contributed by atoms with Gasteiger partial charge in [-0.1, -0.05) is 12.1 Å². The van der Waals surface area contributed by atoms with Crippen molar-refractivity contribution in [2.24, 2.45) is 0 Å². The number of carbonyl (C=O) groups excluding carboxylic acids is 2. The van der Waals surface area contributed by atoms with Gasteiger partial charge in [-0.25, -0.2) is 4.79 Å². The summed E-state index contributed by atoms with van der Waals surface area (Å²) in [5.41, 5.74) is -1.70. The number of benzene rings is 3. The number of alkyl halides is 6. The number of carbonyl (C=O) groups is 2. The Hall–Kier alpha value is -4.62. The molecule has 0 saturated carbocycles. The fourth-order valence-electron chi connectivity index (χ4n) is 5.55. The Morgan fingerprint density at radius 1 is 0.689 bits per heavy atom. The maximum atomic E-state index is 13.6. The standard InChI is InChI=1S/C31H31F6N5O3/c1-45-27-7-3-2-6-26(27)41-14-12-40(13-15-41)25-9-8-22(19-24(25)28(43)42-10-4-5-11-42)38-29(44)39-23-17-20(30(32,33)34)16-21(18-23)31(35,36)37/h2-3,6-9,16-19H,4-5,10-15H2,1H3,(H2,38,39,44). The number of likely N-dealkylation sites (tertiary alicyclic amines) is 1. The molecule has 2 saturated heterocycles. The van der Waals surface area contributed by atoms with E-state index in [-0.39, 0.29) is 17.7 Å². The second kappa shape index (κ2) is 12.8. The molecule has 8 nitrogen and oxygen atoms in total. The molecule has 5 rings (SSSR count). The van der Waals surface area contributed by atoms with Crippen molar-refractivity contribution < 1.29 is 40.7 Å². The Kier molecular flexibility index (Phi) is 9.03. The monoisotopic (exact) mass is 635 g/mol. The number of methoxy groups -OCH3 is 1. The molecule has 0 radical (unpaired) electrons. The molecule has 0 aromatic heterocycles. The number of para-hydroxylation sites is 2. The molecular weight excluding hydrogens is 604 g/mol.